The molecule has 1 aliphatic rings. The van der Waals surface area contributed by atoms with Crippen molar-refractivity contribution in [1.29, 1.82) is 0 Å². The summed E-state index contributed by atoms with van der Waals surface area (Å²) in [6.45, 7) is 2.79. The Morgan fingerprint density at radius 2 is 1.85 bits per heavy atom. The molecule has 6 heteroatoms. The molecular weight excluding hydrogens is 263 g/mol. The molecule has 2 amide bonds. The summed E-state index contributed by atoms with van der Waals surface area (Å²) in [4.78, 5) is 38.2. The molecule has 106 valence electrons. The number of benzene rings is 1. The van der Waals surface area contributed by atoms with Gasteiger partial charge in [-0.15, -0.1) is 0 Å². The average Bonchev–Trinajstić information content (AvgIpc) is 2.44. The second kappa shape index (κ2) is 5.81. The minimum atomic E-state index is -0.678. The SMILES string of the molecule is CCN1CCN(CC(=O)c2cccc(F)c2)C(=O)C1=O. The maximum Gasteiger partial charge on any atom is 0.312 e. The van der Waals surface area contributed by atoms with Crippen LogP contribution in [-0.4, -0.2) is 53.6 Å². The van der Waals surface area contributed by atoms with E-state index < -0.39 is 17.6 Å². The van der Waals surface area contributed by atoms with Gasteiger partial charge >= 0.3 is 11.8 Å². The molecule has 0 N–H and O–H groups in total. The number of ketones is 1. The Kier molecular flexibility index (Phi) is 4.12. The van der Waals surface area contributed by atoms with Gasteiger partial charge in [-0.2, -0.15) is 0 Å². The monoisotopic (exact) mass is 278 g/mol. The Bertz CT molecular complexity index is 559. The van der Waals surface area contributed by atoms with E-state index in [1.165, 1.54) is 28.0 Å². The zero-order valence-corrected chi connectivity index (χ0v) is 11.1. The quantitative estimate of drug-likeness (QED) is 0.602. The molecule has 0 atom stereocenters. The predicted octanol–water partition coefficient (Wildman–Crippen LogP) is 0.699. The fourth-order valence-electron chi connectivity index (χ4n) is 2.09. The highest BCUT2D eigenvalue weighted by Crippen LogP contribution is 2.09. The van der Waals surface area contributed by atoms with Crippen molar-refractivity contribution in [1.82, 2.24) is 9.80 Å². The largest absolute Gasteiger partial charge is 0.333 e. The van der Waals surface area contributed by atoms with Gasteiger partial charge in [0.05, 0.1) is 6.54 Å². The van der Waals surface area contributed by atoms with E-state index in [1.807, 2.05) is 0 Å². The first-order chi connectivity index (χ1) is 9.52. The number of nitrogens with zero attached hydrogens (tertiary/aromatic N) is 2. The minimum absolute atomic E-state index is 0.197. The average molecular weight is 278 g/mol. The third-order valence-corrected chi connectivity index (χ3v) is 3.26. The standard InChI is InChI=1S/C14H15FN2O3/c1-2-16-6-7-17(14(20)13(16)19)9-12(18)10-4-3-5-11(15)8-10/h3-5,8H,2,6-7,9H2,1H3. The fraction of sp³-hybridized carbons (Fsp3) is 0.357. The van der Waals surface area contributed by atoms with Crippen LogP contribution in [0.15, 0.2) is 24.3 Å². The summed E-state index contributed by atoms with van der Waals surface area (Å²) in [6.07, 6.45) is 0. The molecule has 1 saturated heterocycles. The molecule has 0 unspecified atom stereocenters. The zero-order valence-electron chi connectivity index (χ0n) is 11.1. The summed E-state index contributed by atoms with van der Waals surface area (Å²) in [5.41, 5.74) is 0.197. The molecule has 1 heterocycles. The van der Waals surface area contributed by atoms with Crippen molar-refractivity contribution in [3.05, 3.63) is 35.6 Å². The number of rotatable bonds is 4. The number of likely N-dealkylation sites (N-methyl/N-ethyl adjacent to an activating group) is 1. The van der Waals surface area contributed by atoms with Crippen LogP contribution in [0.25, 0.3) is 0 Å². The smallest absolute Gasteiger partial charge is 0.312 e. The van der Waals surface area contributed by atoms with Gasteiger partial charge in [-0.25, -0.2) is 4.39 Å². The van der Waals surface area contributed by atoms with Crippen LogP contribution in [0.3, 0.4) is 0 Å². The van der Waals surface area contributed by atoms with E-state index in [9.17, 15) is 18.8 Å². The normalized spacial score (nSPS) is 15.7. The van der Waals surface area contributed by atoms with Crippen molar-refractivity contribution in [2.45, 2.75) is 6.92 Å². The molecule has 0 bridgehead atoms. The Balaban J connectivity index is 2.05. The fourth-order valence-corrected chi connectivity index (χ4v) is 2.09. The lowest BCUT2D eigenvalue weighted by Crippen LogP contribution is -2.55. The van der Waals surface area contributed by atoms with Crippen LogP contribution < -0.4 is 0 Å². The highest BCUT2D eigenvalue weighted by atomic mass is 19.1. The van der Waals surface area contributed by atoms with Gasteiger partial charge in [-0.05, 0) is 19.1 Å². The van der Waals surface area contributed by atoms with E-state index in [1.54, 1.807) is 6.92 Å². The van der Waals surface area contributed by atoms with E-state index in [0.29, 0.717) is 19.6 Å². The van der Waals surface area contributed by atoms with Gasteiger partial charge in [-0.1, -0.05) is 12.1 Å². The summed E-state index contributed by atoms with van der Waals surface area (Å²) in [6, 6.07) is 5.28. The molecule has 1 fully saturated rings. The van der Waals surface area contributed by atoms with E-state index in [0.717, 1.165) is 6.07 Å². The van der Waals surface area contributed by atoms with Crippen molar-refractivity contribution >= 4 is 17.6 Å². The van der Waals surface area contributed by atoms with Crippen LogP contribution in [0.4, 0.5) is 4.39 Å². The van der Waals surface area contributed by atoms with E-state index in [-0.39, 0.29) is 17.9 Å². The molecule has 0 saturated carbocycles. The molecule has 1 aromatic carbocycles. The van der Waals surface area contributed by atoms with Gasteiger partial charge in [0, 0.05) is 25.2 Å². The molecule has 0 radical (unpaired) electrons. The lowest BCUT2D eigenvalue weighted by molar-refractivity contribution is -0.155. The Labute approximate surface area is 116 Å². The van der Waals surface area contributed by atoms with Crippen molar-refractivity contribution in [2.75, 3.05) is 26.2 Å². The van der Waals surface area contributed by atoms with E-state index in [2.05, 4.69) is 0 Å². The van der Waals surface area contributed by atoms with Crippen molar-refractivity contribution < 1.29 is 18.8 Å². The van der Waals surface area contributed by atoms with Crippen molar-refractivity contribution in [3.8, 4) is 0 Å². The second-order valence-electron chi connectivity index (χ2n) is 4.55. The number of piperazine rings is 1. The number of hydrogen-bond donors (Lipinski definition) is 0. The van der Waals surface area contributed by atoms with Crippen molar-refractivity contribution in [3.63, 3.8) is 0 Å². The lowest BCUT2D eigenvalue weighted by atomic mass is 10.1. The summed E-state index contributed by atoms with van der Waals surface area (Å²) in [7, 11) is 0. The predicted molar refractivity (Wildman–Crippen MR) is 69.6 cm³/mol. The van der Waals surface area contributed by atoms with Gasteiger partial charge in [0.25, 0.3) is 0 Å². The molecule has 0 aromatic heterocycles. The van der Waals surface area contributed by atoms with Crippen LogP contribution >= 0.6 is 0 Å². The van der Waals surface area contributed by atoms with Crippen LogP contribution in [0, 0.1) is 5.82 Å². The number of amides is 2. The van der Waals surface area contributed by atoms with Gasteiger partial charge in [-0.3, -0.25) is 14.4 Å². The number of Topliss-reactive ketones (excluding diaryl/α,β-unsaturated/α-hetero) is 1. The number of halogens is 1. The molecule has 1 aliphatic heterocycles. The van der Waals surface area contributed by atoms with Crippen LogP contribution in [0.1, 0.15) is 17.3 Å². The first-order valence-electron chi connectivity index (χ1n) is 6.40. The third-order valence-electron chi connectivity index (χ3n) is 3.26. The van der Waals surface area contributed by atoms with Crippen LogP contribution in [0.5, 0.6) is 0 Å². The van der Waals surface area contributed by atoms with Crippen LogP contribution in [-0.2, 0) is 9.59 Å². The highest BCUT2D eigenvalue weighted by Gasteiger charge is 2.32. The molecule has 0 aliphatic carbocycles. The van der Waals surface area contributed by atoms with E-state index in [4.69, 9.17) is 0 Å². The zero-order chi connectivity index (χ0) is 14.7. The van der Waals surface area contributed by atoms with Gasteiger partial charge in [0.2, 0.25) is 0 Å². The van der Waals surface area contributed by atoms with E-state index >= 15 is 0 Å². The summed E-state index contributed by atoms with van der Waals surface area (Å²) in [5, 5.41) is 0. The summed E-state index contributed by atoms with van der Waals surface area (Å²) >= 11 is 0. The topological polar surface area (TPSA) is 57.7 Å². The lowest BCUT2D eigenvalue weighted by Gasteiger charge is -2.32. The minimum Gasteiger partial charge on any atom is -0.333 e. The third kappa shape index (κ3) is 2.84. The van der Waals surface area contributed by atoms with Crippen LogP contribution in [0.2, 0.25) is 0 Å². The molecule has 20 heavy (non-hydrogen) atoms. The Morgan fingerprint density at radius 1 is 1.20 bits per heavy atom. The molecular formula is C14H15FN2O3. The summed E-state index contributed by atoms with van der Waals surface area (Å²) < 4.78 is 13.0. The first kappa shape index (κ1) is 14.2. The maximum atomic E-state index is 13.0. The molecule has 5 nitrogen and oxygen atoms in total. The Morgan fingerprint density at radius 3 is 2.50 bits per heavy atom. The van der Waals surface area contributed by atoms with Gasteiger partial charge < -0.3 is 9.80 Å². The highest BCUT2D eigenvalue weighted by molar-refractivity contribution is 6.35. The molecule has 1 aromatic rings. The summed E-state index contributed by atoms with van der Waals surface area (Å²) in [5.74, 6) is -2.15. The van der Waals surface area contributed by atoms with Crippen molar-refractivity contribution in [2.24, 2.45) is 0 Å². The van der Waals surface area contributed by atoms with Gasteiger partial charge in [0.15, 0.2) is 5.78 Å². The molecule has 2 rings (SSSR count). The maximum absolute atomic E-state index is 13.0. The molecule has 0 spiro atoms. The number of carbonyl (C=O) groups excluding carboxylic acids is 3. The number of hydrogen-bond acceptors (Lipinski definition) is 3. The van der Waals surface area contributed by atoms with Gasteiger partial charge in [0.1, 0.15) is 5.82 Å². The first-order valence-corrected chi connectivity index (χ1v) is 6.40. The Hall–Kier alpha value is -2.24. The second-order valence-corrected chi connectivity index (χ2v) is 4.55. The number of carbonyl (C=O) groups is 3.